The monoisotopic (exact) mass is 324 g/mol. The van der Waals surface area contributed by atoms with Crippen molar-refractivity contribution in [1.82, 2.24) is 10.2 Å². The molecule has 5 nitrogen and oxygen atoms in total. The summed E-state index contributed by atoms with van der Waals surface area (Å²) in [7, 11) is 0. The summed E-state index contributed by atoms with van der Waals surface area (Å²) in [5.41, 5.74) is 1.16. The van der Waals surface area contributed by atoms with E-state index < -0.39 is 0 Å². The lowest BCUT2D eigenvalue weighted by Gasteiger charge is -2.20. The Morgan fingerprint density at radius 2 is 1.71 bits per heavy atom. The second-order valence-electron chi connectivity index (χ2n) is 6.21. The van der Waals surface area contributed by atoms with Crippen molar-refractivity contribution < 1.29 is 4.79 Å². The first-order valence-corrected chi connectivity index (χ1v) is 8.74. The van der Waals surface area contributed by atoms with Crippen LogP contribution < -0.4 is 10.2 Å². The quantitative estimate of drug-likeness (QED) is 0.915. The van der Waals surface area contributed by atoms with Crippen LogP contribution in [0.2, 0.25) is 0 Å². The molecule has 1 saturated heterocycles. The smallest absolute Gasteiger partial charge is 0.225 e. The van der Waals surface area contributed by atoms with Crippen LogP contribution in [0.1, 0.15) is 37.7 Å². The number of anilines is 2. The van der Waals surface area contributed by atoms with E-state index >= 15 is 0 Å². The van der Waals surface area contributed by atoms with Gasteiger partial charge >= 0.3 is 0 Å². The van der Waals surface area contributed by atoms with E-state index in [2.05, 4.69) is 20.4 Å². The van der Waals surface area contributed by atoms with Crippen LogP contribution >= 0.6 is 0 Å². The normalized spacial score (nSPS) is 14.9. The molecule has 0 unspecified atom stereocenters. The predicted molar refractivity (Wildman–Crippen MR) is 96.1 cm³/mol. The zero-order valence-corrected chi connectivity index (χ0v) is 13.9. The van der Waals surface area contributed by atoms with Gasteiger partial charge in [0.05, 0.1) is 0 Å². The van der Waals surface area contributed by atoms with Crippen molar-refractivity contribution in [3.63, 3.8) is 0 Å². The van der Waals surface area contributed by atoms with E-state index in [1.165, 1.54) is 25.7 Å². The number of amides is 1. The summed E-state index contributed by atoms with van der Waals surface area (Å²) < 4.78 is 0. The Morgan fingerprint density at radius 1 is 0.958 bits per heavy atom. The Morgan fingerprint density at radius 3 is 2.38 bits per heavy atom. The number of hydrogen-bond acceptors (Lipinski definition) is 4. The highest BCUT2D eigenvalue weighted by Gasteiger charge is 2.12. The van der Waals surface area contributed by atoms with Crippen molar-refractivity contribution in [3.8, 4) is 0 Å². The van der Waals surface area contributed by atoms with Crippen LogP contribution in [0.25, 0.3) is 0 Å². The van der Waals surface area contributed by atoms with Gasteiger partial charge in [-0.05, 0) is 37.0 Å². The molecule has 0 radical (unpaired) electrons. The van der Waals surface area contributed by atoms with E-state index in [4.69, 9.17) is 0 Å². The molecular formula is C19H24N4O. The van der Waals surface area contributed by atoms with Gasteiger partial charge in [-0.15, -0.1) is 10.2 Å². The molecule has 1 aromatic heterocycles. The van der Waals surface area contributed by atoms with Crippen LogP contribution in [0.5, 0.6) is 0 Å². The predicted octanol–water partition coefficient (Wildman–Crippen LogP) is 3.43. The summed E-state index contributed by atoms with van der Waals surface area (Å²) in [4.78, 5) is 14.3. The van der Waals surface area contributed by atoms with Crippen molar-refractivity contribution >= 4 is 17.5 Å². The molecule has 1 aliphatic heterocycles. The number of rotatable bonds is 5. The van der Waals surface area contributed by atoms with Gasteiger partial charge in [0, 0.05) is 19.5 Å². The Balaban J connectivity index is 1.51. The third-order valence-electron chi connectivity index (χ3n) is 4.33. The summed E-state index contributed by atoms with van der Waals surface area (Å²) >= 11 is 0. The highest BCUT2D eigenvalue weighted by Crippen LogP contribution is 2.17. The average molecular weight is 324 g/mol. The molecule has 126 valence electrons. The standard InChI is InChI=1S/C19H24N4O/c24-19(13-10-16-8-4-3-5-9-16)20-17-11-12-18(22-21-17)23-14-6-1-2-7-15-23/h3-5,8-9,11-12H,1-2,6-7,10,13-15H2,(H,20,21,24). The van der Waals surface area contributed by atoms with Crippen molar-refractivity contribution in [1.29, 1.82) is 0 Å². The lowest BCUT2D eigenvalue weighted by molar-refractivity contribution is -0.116. The van der Waals surface area contributed by atoms with Gasteiger partial charge in [0.15, 0.2) is 11.6 Å². The van der Waals surface area contributed by atoms with Crippen molar-refractivity contribution in [2.75, 3.05) is 23.3 Å². The molecule has 5 heteroatoms. The topological polar surface area (TPSA) is 58.1 Å². The molecule has 0 aliphatic carbocycles. The van der Waals surface area contributed by atoms with Crippen LogP contribution in [0.15, 0.2) is 42.5 Å². The number of aromatic nitrogens is 2. The van der Waals surface area contributed by atoms with Gasteiger partial charge in [-0.2, -0.15) is 0 Å². The first-order valence-electron chi connectivity index (χ1n) is 8.74. The molecule has 1 fully saturated rings. The van der Waals surface area contributed by atoms with Crippen LogP contribution in [0.3, 0.4) is 0 Å². The highest BCUT2D eigenvalue weighted by atomic mass is 16.1. The Kier molecular flexibility index (Phi) is 5.77. The minimum absolute atomic E-state index is 0.0318. The lowest BCUT2D eigenvalue weighted by atomic mass is 10.1. The second-order valence-corrected chi connectivity index (χ2v) is 6.21. The van der Waals surface area contributed by atoms with E-state index in [-0.39, 0.29) is 5.91 Å². The maximum atomic E-state index is 12.0. The Labute approximate surface area is 143 Å². The fourth-order valence-electron chi connectivity index (χ4n) is 2.97. The largest absolute Gasteiger partial charge is 0.355 e. The molecule has 2 aromatic rings. The molecule has 0 atom stereocenters. The summed E-state index contributed by atoms with van der Waals surface area (Å²) in [6.07, 6.45) is 6.17. The van der Waals surface area contributed by atoms with E-state index in [1.54, 1.807) is 0 Å². The van der Waals surface area contributed by atoms with Gasteiger partial charge in [-0.25, -0.2) is 0 Å². The summed E-state index contributed by atoms with van der Waals surface area (Å²) in [6, 6.07) is 13.8. The number of aryl methyl sites for hydroxylation is 1. The third kappa shape index (κ3) is 4.78. The van der Waals surface area contributed by atoms with Gasteiger partial charge < -0.3 is 10.2 Å². The molecule has 0 saturated carbocycles. The fourth-order valence-corrected chi connectivity index (χ4v) is 2.97. The molecule has 1 aromatic carbocycles. The molecule has 1 amide bonds. The van der Waals surface area contributed by atoms with Gasteiger partial charge in [-0.3, -0.25) is 4.79 Å². The number of carbonyl (C=O) groups is 1. The number of nitrogens with zero attached hydrogens (tertiary/aromatic N) is 3. The van der Waals surface area contributed by atoms with Gasteiger partial charge in [0.2, 0.25) is 5.91 Å². The summed E-state index contributed by atoms with van der Waals surface area (Å²) in [5, 5.41) is 11.3. The fraction of sp³-hybridized carbons (Fsp3) is 0.421. The van der Waals surface area contributed by atoms with Crippen LogP contribution in [0, 0.1) is 0 Å². The molecule has 24 heavy (non-hydrogen) atoms. The van der Waals surface area contributed by atoms with Crippen LogP contribution in [-0.4, -0.2) is 29.2 Å². The van der Waals surface area contributed by atoms with Crippen LogP contribution in [-0.2, 0) is 11.2 Å². The van der Waals surface area contributed by atoms with E-state index in [0.29, 0.717) is 12.2 Å². The second kappa shape index (κ2) is 8.43. The molecule has 1 N–H and O–H groups in total. The van der Waals surface area contributed by atoms with Crippen LogP contribution in [0.4, 0.5) is 11.6 Å². The molecule has 0 spiro atoms. The molecule has 0 bridgehead atoms. The van der Waals surface area contributed by atoms with E-state index in [9.17, 15) is 4.79 Å². The minimum Gasteiger partial charge on any atom is -0.355 e. The first kappa shape index (κ1) is 16.4. The SMILES string of the molecule is O=C(CCc1ccccc1)Nc1ccc(N2CCCCCC2)nn1. The molecule has 3 rings (SSSR count). The summed E-state index contributed by atoms with van der Waals surface area (Å²) in [6.45, 7) is 2.08. The average Bonchev–Trinajstić information content (AvgIpc) is 2.91. The molecule has 2 heterocycles. The van der Waals surface area contributed by atoms with E-state index in [1.807, 2.05) is 42.5 Å². The van der Waals surface area contributed by atoms with Crippen molar-refractivity contribution in [2.24, 2.45) is 0 Å². The maximum Gasteiger partial charge on any atom is 0.225 e. The number of carbonyl (C=O) groups excluding carboxylic acids is 1. The Bertz CT molecular complexity index is 634. The zero-order chi connectivity index (χ0) is 16.6. The number of nitrogens with one attached hydrogen (secondary N) is 1. The van der Waals surface area contributed by atoms with Gasteiger partial charge in [0.1, 0.15) is 0 Å². The maximum absolute atomic E-state index is 12.0. The first-order chi connectivity index (χ1) is 11.8. The molecule has 1 aliphatic rings. The molecular weight excluding hydrogens is 300 g/mol. The van der Waals surface area contributed by atoms with Crippen molar-refractivity contribution in [3.05, 3.63) is 48.0 Å². The minimum atomic E-state index is -0.0318. The number of hydrogen-bond donors (Lipinski definition) is 1. The highest BCUT2D eigenvalue weighted by molar-refractivity contribution is 5.89. The van der Waals surface area contributed by atoms with Crippen molar-refractivity contribution in [2.45, 2.75) is 38.5 Å². The van der Waals surface area contributed by atoms with Gasteiger partial charge in [-0.1, -0.05) is 43.2 Å². The third-order valence-corrected chi connectivity index (χ3v) is 4.33. The van der Waals surface area contributed by atoms with E-state index in [0.717, 1.165) is 30.9 Å². The van der Waals surface area contributed by atoms with Gasteiger partial charge in [0.25, 0.3) is 0 Å². The summed E-state index contributed by atoms with van der Waals surface area (Å²) in [5.74, 6) is 1.39. The number of benzene rings is 1. The lowest BCUT2D eigenvalue weighted by Crippen LogP contribution is -2.25. The Hall–Kier alpha value is -2.43. The zero-order valence-electron chi connectivity index (χ0n) is 13.9.